The standard InChI is InChI=1S/C19H22N4O5/c24-16-4-3-15(18(26)22-16)21-17(25)14-2-1-13(11-20-14)23-7-5-12(6-8-23)19-27-9-10-28-19/h1-2,9-12,15,19H,3-8H2,(H,21,25)(H,22,24,26)/t15-/m0/s1. The molecule has 0 spiro atoms. The fourth-order valence-corrected chi connectivity index (χ4v) is 3.67. The Morgan fingerprint density at radius 3 is 2.54 bits per heavy atom. The van der Waals surface area contributed by atoms with Crippen molar-refractivity contribution in [3.05, 3.63) is 36.5 Å². The van der Waals surface area contributed by atoms with Gasteiger partial charge in [-0.05, 0) is 31.4 Å². The number of nitrogens with zero attached hydrogens (tertiary/aromatic N) is 2. The third kappa shape index (κ3) is 3.92. The van der Waals surface area contributed by atoms with Gasteiger partial charge in [-0.2, -0.15) is 0 Å². The fourth-order valence-electron chi connectivity index (χ4n) is 3.67. The van der Waals surface area contributed by atoms with Crippen molar-refractivity contribution in [2.24, 2.45) is 5.92 Å². The van der Waals surface area contributed by atoms with Crippen LogP contribution in [0.25, 0.3) is 0 Å². The molecule has 3 aliphatic heterocycles. The van der Waals surface area contributed by atoms with Crippen molar-refractivity contribution in [2.75, 3.05) is 18.0 Å². The molecule has 9 nitrogen and oxygen atoms in total. The lowest BCUT2D eigenvalue weighted by Gasteiger charge is -2.34. The number of aromatic nitrogens is 1. The van der Waals surface area contributed by atoms with Crippen LogP contribution in [-0.4, -0.2) is 48.1 Å². The highest BCUT2D eigenvalue weighted by Gasteiger charge is 2.31. The maximum absolute atomic E-state index is 12.3. The Hall–Kier alpha value is -3.10. The predicted molar refractivity (Wildman–Crippen MR) is 97.9 cm³/mol. The first-order valence-corrected chi connectivity index (χ1v) is 9.41. The summed E-state index contributed by atoms with van der Waals surface area (Å²) in [6, 6.07) is 2.80. The molecule has 1 aromatic rings. The lowest BCUT2D eigenvalue weighted by molar-refractivity contribution is -0.134. The first-order valence-electron chi connectivity index (χ1n) is 9.41. The third-order valence-corrected chi connectivity index (χ3v) is 5.30. The van der Waals surface area contributed by atoms with E-state index in [1.54, 1.807) is 24.8 Å². The number of imide groups is 1. The van der Waals surface area contributed by atoms with E-state index in [2.05, 4.69) is 20.5 Å². The van der Waals surface area contributed by atoms with Crippen LogP contribution in [0.2, 0.25) is 0 Å². The first kappa shape index (κ1) is 18.3. The number of hydrogen-bond acceptors (Lipinski definition) is 7. The summed E-state index contributed by atoms with van der Waals surface area (Å²) in [7, 11) is 0. The van der Waals surface area contributed by atoms with Crippen molar-refractivity contribution in [3.8, 4) is 0 Å². The Labute approximate surface area is 162 Å². The number of pyridine rings is 1. The molecule has 4 heterocycles. The number of carbonyl (C=O) groups excluding carboxylic acids is 3. The lowest BCUT2D eigenvalue weighted by atomic mass is 9.96. The summed E-state index contributed by atoms with van der Waals surface area (Å²) in [5.74, 6) is -0.862. The number of ether oxygens (including phenoxy) is 2. The van der Waals surface area contributed by atoms with Crippen molar-refractivity contribution in [1.29, 1.82) is 0 Å². The molecule has 148 valence electrons. The van der Waals surface area contributed by atoms with Crippen LogP contribution < -0.4 is 15.5 Å². The van der Waals surface area contributed by atoms with Gasteiger partial charge in [0.1, 0.15) is 24.3 Å². The van der Waals surface area contributed by atoms with E-state index in [1.165, 1.54) is 0 Å². The minimum Gasteiger partial charge on any atom is -0.459 e. The molecule has 4 rings (SSSR count). The van der Waals surface area contributed by atoms with Gasteiger partial charge < -0.3 is 19.7 Å². The average molecular weight is 386 g/mol. The zero-order valence-electron chi connectivity index (χ0n) is 15.3. The molecule has 0 bridgehead atoms. The molecular weight excluding hydrogens is 364 g/mol. The quantitative estimate of drug-likeness (QED) is 0.732. The molecule has 0 radical (unpaired) electrons. The minimum atomic E-state index is -0.708. The molecule has 1 atom stereocenters. The maximum atomic E-state index is 12.3. The summed E-state index contributed by atoms with van der Waals surface area (Å²) in [5, 5.41) is 4.85. The van der Waals surface area contributed by atoms with Crippen LogP contribution in [0.3, 0.4) is 0 Å². The van der Waals surface area contributed by atoms with Crippen LogP contribution in [0.5, 0.6) is 0 Å². The highest BCUT2D eigenvalue weighted by atomic mass is 16.7. The molecule has 0 unspecified atom stereocenters. The number of amides is 3. The largest absolute Gasteiger partial charge is 0.459 e. The molecule has 9 heteroatoms. The van der Waals surface area contributed by atoms with E-state index < -0.39 is 17.9 Å². The smallest absolute Gasteiger partial charge is 0.270 e. The Balaban J connectivity index is 1.30. The van der Waals surface area contributed by atoms with Crippen LogP contribution in [0.4, 0.5) is 5.69 Å². The molecule has 1 aromatic heterocycles. The third-order valence-electron chi connectivity index (χ3n) is 5.30. The van der Waals surface area contributed by atoms with Crippen molar-refractivity contribution >= 4 is 23.4 Å². The summed E-state index contributed by atoms with van der Waals surface area (Å²) < 4.78 is 10.9. The highest BCUT2D eigenvalue weighted by molar-refractivity contribution is 6.03. The number of hydrogen-bond donors (Lipinski definition) is 2. The van der Waals surface area contributed by atoms with Gasteiger partial charge in [0.15, 0.2) is 0 Å². The van der Waals surface area contributed by atoms with Gasteiger partial charge in [0.25, 0.3) is 5.91 Å². The minimum absolute atomic E-state index is 0.182. The normalized spacial score (nSPS) is 23.1. The fraction of sp³-hybridized carbons (Fsp3) is 0.474. The number of piperidine rings is 2. The molecule has 0 aromatic carbocycles. The van der Waals surface area contributed by atoms with E-state index >= 15 is 0 Å². The van der Waals surface area contributed by atoms with Crippen LogP contribution >= 0.6 is 0 Å². The average Bonchev–Trinajstić information content (AvgIpc) is 3.25. The van der Waals surface area contributed by atoms with E-state index in [0.29, 0.717) is 12.3 Å². The number of anilines is 1. The molecule has 28 heavy (non-hydrogen) atoms. The number of rotatable bonds is 4. The van der Waals surface area contributed by atoms with Crippen LogP contribution in [0.15, 0.2) is 30.9 Å². The van der Waals surface area contributed by atoms with Gasteiger partial charge >= 0.3 is 0 Å². The van der Waals surface area contributed by atoms with Crippen molar-refractivity contribution in [2.45, 2.75) is 38.0 Å². The lowest BCUT2D eigenvalue weighted by Crippen LogP contribution is -2.52. The first-order chi connectivity index (χ1) is 13.6. The van der Waals surface area contributed by atoms with Crippen LogP contribution in [0, 0.1) is 5.92 Å². The van der Waals surface area contributed by atoms with Crippen LogP contribution in [-0.2, 0) is 19.1 Å². The maximum Gasteiger partial charge on any atom is 0.270 e. The number of nitrogens with one attached hydrogen (secondary N) is 2. The molecular formula is C19H22N4O5. The topological polar surface area (TPSA) is 110 Å². The summed E-state index contributed by atoms with van der Waals surface area (Å²) in [6.07, 6.45) is 7.06. The van der Waals surface area contributed by atoms with Gasteiger partial charge in [0, 0.05) is 25.4 Å². The predicted octanol–water partition coefficient (Wildman–Crippen LogP) is 0.677. The second-order valence-corrected chi connectivity index (χ2v) is 7.12. The van der Waals surface area contributed by atoms with E-state index in [0.717, 1.165) is 31.6 Å². The molecule has 3 aliphatic rings. The molecule has 0 saturated carbocycles. The van der Waals surface area contributed by atoms with E-state index in [4.69, 9.17) is 9.47 Å². The zero-order chi connectivity index (χ0) is 19.5. The van der Waals surface area contributed by atoms with Gasteiger partial charge in [-0.15, -0.1) is 0 Å². The Kier molecular flexibility index (Phi) is 5.14. The van der Waals surface area contributed by atoms with Gasteiger partial charge in [-0.1, -0.05) is 0 Å². The summed E-state index contributed by atoms with van der Waals surface area (Å²) in [6.45, 7) is 1.72. The van der Waals surface area contributed by atoms with Crippen molar-refractivity contribution in [3.63, 3.8) is 0 Å². The number of carbonyl (C=O) groups is 3. The van der Waals surface area contributed by atoms with E-state index in [1.807, 2.05) is 6.07 Å². The summed E-state index contributed by atoms with van der Waals surface area (Å²) >= 11 is 0. The monoisotopic (exact) mass is 386 g/mol. The molecule has 3 amide bonds. The summed E-state index contributed by atoms with van der Waals surface area (Å²) in [4.78, 5) is 41.7. The van der Waals surface area contributed by atoms with Gasteiger partial charge in [-0.25, -0.2) is 4.98 Å². The highest BCUT2D eigenvalue weighted by Crippen LogP contribution is 2.28. The van der Waals surface area contributed by atoms with Crippen LogP contribution in [0.1, 0.15) is 36.2 Å². The second kappa shape index (κ2) is 7.87. The van der Waals surface area contributed by atoms with Crippen molar-refractivity contribution < 1.29 is 23.9 Å². The molecule has 2 saturated heterocycles. The molecule has 2 fully saturated rings. The van der Waals surface area contributed by atoms with Gasteiger partial charge in [0.05, 0.1) is 11.9 Å². The molecule has 2 N–H and O–H groups in total. The zero-order valence-corrected chi connectivity index (χ0v) is 15.3. The second-order valence-electron chi connectivity index (χ2n) is 7.12. The molecule has 0 aliphatic carbocycles. The van der Waals surface area contributed by atoms with E-state index in [9.17, 15) is 14.4 Å². The van der Waals surface area contributed by atoms with Gasteiger partial charge in [0.2, 0.25) is 18.1 Å². The Morgan fingerprint density at radius 2 is 1.89 bits per heavy atom. The van der Waals surface area contributed by atoms with E-state index in [-0.39, 0.29) is 24.3 Å². The van der Waals surface area contributed by atoms with Crippen molar-refractivity contribution in [1.82, 2.24) is 15.6 Å². The Bertz CT molecular complexity index is 778. The SMILES string of the molecule is O=C1CC[C@H](NC(=O)c2ccc(N3CCC(C4OC=CO4)CC3)cn2)C(=O)N1. The Morgan fingerprint density at radius 1 is 1.14 bits per heavy atom. The van der Waals surface area contributed by atoms with Gasteiger partial charge in [-0.3, -0.25) is 19.7 Å². The summed E-state index contributed by atoms with van der Waals surface area (Å²) in [5.41, 5.74) is 1.18.